The first kappa shape index (κ1) is 13.9. The summed E-state index contributed by atoms with van der Waals surface area (Å²) in [5, 5.41) is 3.43. The number of ether oxygens (including phenoxy) is 2. The van der Waals surface area contributed by atoms with E-state index >= 15 is 0 Å². The van der Waals surface area contributed by atoms with Gasteiger partial charge in [-0.1, -0.05) is 13.8 Å². The van der Waals surface area contributed by atoms with Crippen LogP contribution in [0.4, 0.5) is 0 Å². The lowest BCUT2D eigenvalue weighted by atomic mass is 9.88. The second-order valence-electron chi connectivity index (χ2n) is 5.29. The van der Waals surface area contributed by atoms with Crippen molar-refractivity contribution in [3.63, 3.8) is 0 Å². The monoisotopic (exact) mass is 229 g/mol. The zero-order chi connectivity index (χ0) is 11.9. The van der Waals surface area contributed by atoms with Crippen LogP contribution in [0.5, 0.6) is 0 Å². The van der Waals surface area contributed by atoms with Crippen LogP contribution in [-0.2, 0) is 9.47 Å². The van der Waals surface area contributed by atoms with E-state index in [1.54, 1.807) is 7.11 Å². The van der Waals surface area contributed by atoms with Gasteiger partial charge in [0, 0.05) is 32.2 Å². The average Bonchev–Trinajstić information content (AvgIpc) is 3.09. The molecule has 0 aromatic carbocycles. The molecule has 0 aromatic heterocycles. The Labute approximate surface area is 99.9 Å². The number of hydrogen-bond donors (Lipinski definition) is 1. The summed E-state index contributed by atoms with van der Waals surface area (Å²) in [6.07, 6.45) is 3.89. The minimum atomic E-state index is 0.266. The highest BCUT2D eigenvalue weighted by molar-refractivity contribution is 4.77. The zero-order valence-corrected chi connectivity index (χ0v) is 11.1. The molecule has 0 heterocycles. The third-order valence-electron chi connectivity index (χ3n) is 3.39. The number of hydrogen-bond acceptors (Lipinski definition) is 3. The molecule has 0 bridgehead atoms. The van der Waals surface area contributed by atoms with E-state index in [2.05, 4.69) is 19.2 Å². The van der Waals surface area contributed by atoms with Gasteiger partial charge in [-0.3, -0.25) is 0 Å². The van der Waals surface area contributed by atoms with E-state index in [9.17, 15) is 0 Å². The summed E-state index contributed by atoms with van der Waals surface area (Å²) in [6.45, 7) is 9.08. The van der Waals surface area contributed by atoms with Crippen LogP contribution in [-0.4, -0.2) is 40.0 Å². The van der Waals surface area contributed by atoms with Gasteiger partial charge in [-0.25, -0.2) is 0 Å². The Balaban J connectivity index is 2.08. The molecule has 1 fully saturated rings. The van der Waals surface area contributed by atoms with Crippen molar-refractivity contribution in [1.29, 1.82) is 0 Å². The lowest BCUT2D eigenvalue weighted by Gasteiger charge is -2.28. The zero-order valence-electron chi connectivity index (χ0n) is 11.1. The number of methoxy groups -OCH3 is 1. The quantitative estimate of drug-likeness (QED) is 0.582. The topological polar surface area (TPSA) is 30.5 Å². The van der Waals surface area contributed by atoms with Crippen LogP contribution in [0.3, 0.4) is 0 Å². The van der Waals surface area contributed by atoms with Gasteiger partial charge in [-0.2, -0.15) is 0 Å². The molecule has 0 aliphatic heterocycles. The van der Waals surface area contributed by atoms with Crippen LogP contribution in [0, 0.1) is 11.3 Å². The molecule has 3 nitrogen and oxygen atoms in total. The molecule has 0 radical (unpaired) electrons. The average molecular weight is 229 g/mol. The Kier molecular flexibility index (Phi) is 6.32. The van der Waals surface area contributed by atoms with Crippen molar-refractivity contribution < 1.29 is 9.47 Å². The molecule has 96 valence electrons. The van der Waals surface area contributed by atoms with Gasteiger partial charge in [0.05, 0.1) is 13.2 Å². The first-order chi connectivity index (χ1) is 7.70. The van der Waals surface area contributed by atoms with Crippen molar-refractivity contribution in [3.05, 3.63) is 0 Å². The van der Waals surface area contributed by atoms with Crippen LogP contribution in [0.1, 0.15) is 33.1 Å². The van der Waals surface area contributed by atoms with Crippen LogP contribution in [0.15, 0.2) is 0 Å². The molecule has 3 heteroatoms. The van der Waals surface area contributed by atoms with Crippen LogP contribution in [0.25, 0.3) is 0 Å². The normalized spacial score (nSPS) is 19.7. The van der Waals surface area contributed by atoms with Crippen molar-refractivity contribution in [2.24, 2.45) is 11.3 Å². The Morgan fingerprint density at radius 3 is 2.69 bits per heavy atom. The first-order valence-electron chi connectivity index (χ1n) is 6.47. The summed E-state index contributed by atoms with van der Waals surface area (Å²) in [5.74, 6) is 0.863. The molecule has 1 saturated carbocycles. The van der Waals surface area contributed by atoms with Crippen LogP contribution < -0.4 is 5.32 Å². The van der Waals surface area contributed by atoms with E-state index in [1.807, 2.05) is 0 Å². The SMILES string of the molecule is CCC(C)(CNCCOC)COCC1CC1. The molecule has 1 N–H and O–H groups in total. The minimum Gasteiger partial charge on any atom is -0.383 e. The fraction of sp³-hybridized carbons (Fsp3) is 1.00. The molecule has 1 atom stereocenters. The van der Waals surface area contributed by atoms with Gasteiger partial charge in [0.1, 0.15) is 0 Å². The molecule has 0 amide bonds. The summed E-state index contributed by atoms with van der Waals surface area (Å²) in [7, 11) is 1.74. The summed E-state index contributed by atoms with van der Waals surface area (Å²) in [4.78, 5) is 0. The van der Waals surface area contributed by atoms with E-state index in [4.69, 9.17) is 9.47 Å². The van der Waals surface area contributed by atoms with E-state index in [0.717, 1.165) is 45.2 Å². The van der Waals surface area contributed by atoms with Gasteiger partial charge >= 0.3 is 0 Å². The van der Waals surface area contributed by atoms with Gasteiger partial charge in [-0.05, 0) is 25.2 Å². The molecule has 1 aliphatic rings. The Morgan fingerprint density at radius 2 is 2.12 bits per heavy atom. The molecule has 1 unspecified atom stereocenters. The molecular formula is C13H27NO2. The molecular weight excluding hydrogens is 202 g/mol. The second kappa shape index (κ2) is 7.25. The first-order valence-corrected chi connectivity index (χ1v) is 6.47. The van der Waals surface area contributed by atoms with Gasteiger partial charge in [0.15, 0.2) is 0 Å². The van der Waals surface area contributed by atoms with Crippen molar-refractivity contribution in [1.82, 2.24) is 5.32 Å². The Morgan fingerprint density at radius 1 is 1.38 bits per heavy atom. The molecule has 0 aromatic rings. The summed E-state index contributed by atoms with van der Waals surface area (Å²) < 4.78 is 10.8. The highest BCUT2D eigenvalue weighted by Gasteiger charge is 2.25. The lowest BCUT2D eigenvalue weighted by molar-refractivity contribution is 0.0437. The number of rotatable bonds is 10. The van der Waals surface area contributed by atoms with E-state index in [0.29, 0.717) is 0 Å². The van der Waals surface area contributed by atoms with Crippen LogP contribution >= 0.6 is 0 Å². The van der Waals surface area contributed by atoms with E-state index in [1.165, 1.54) is 12.8 Å². The van der Waals surface area contributed by atoms with Crippen molar-refractivity contribution in [2.45, 2.75) is 33.1 Å². The molecule has 1 rings (SSSR count). The third-order valence-corrected chi connectivity index (χ3v) is 3.39. The number of nitrogens with one attached hydrogen (secondary N) is 1. The maximum absolute atomic E-state index is 5.80. The predicted octanol–water partition coefficient (Wildman–Crippen LogP) is 2.07. The standard InChI is InChI=1S/C13H27NO2/c1-4-13(2,10-14-7-8-15-3)11-16-9-12-5-6-12/h12,14H,4-11H2,1-3H3. The van der Waals surface area contributed by atoms with Gasteiger partial charge in [-0.15, -0.1) is 0 Å². The smallest absolute Gasteiger partial charge is 0.0587 e. The largest absolute Gasteiger partial charge is 0.383 e. The van der Waals surface area contributed by atoms with Crippen molar-refractivity contribution >= 4 is 0 Å². The second-order valence-corrected chi connectivity index (χ2v) is 5.29. The van der Waals surface area contributed by atoms with E-state index in [-0.39, 0.29) is 5.41 Å². The molecule has 1 aliphatic carbocycles. The highest BCUT2D eigenvalue weighted by Crippen LogP contribution is 2.30. The molecule has 0 saturated heterocycles. The summed E-state index contributed by atoms with van der Waals surface area (Å²) in [5.41, 5.74) is 0.266. The highest BCUT2D eigenvalue weighted by atomic mass is 16.5. The summed E-state index contributed by atoms with van der Waals surface area (Å²) >= 11 is 0. The van der Waals surface area contributed by atoms with Gasteiger partial charge < -0.3 is 14.8 Å². The lowest BCUT2D eigenvalue weighted by Crippen LogP contribution is -2.36. The predicted molar refractivity (Wildman–Crippen MR) is 66.7 cm³/mol. The summed E-state index contributed by atoms with van der Waals surface area (Å²) in [6, 6.07) is 0. The van der Waals surface area contributed by atoms with Gasteiger partial charge in [0.25, 0.3) is 0 Å². The van der Waals surface area contributed by atoms with Crippen LogP contribution in [0.2, 0.25) is 0 Å². The molecule has 0 spiro atoms. The van der Waals surface area contributed by atoms with Gasteiger partial charge in [0.2, 0.25) is 0 Å². The fourth-order valence-electron chi connectivity index (χ4n) is 1.60. The maximum atomic E-state index is 5.80. The third kappa shape index (κ3) is 5.83. The molecule has 16 heavy (non-hydrogen) atoms. The maximum Gasteiger partial charge on any atom is 0.0587 e. The Bertz CT molecular complexity index is 183. The Hall–Kier alpha value is -0.120. The van der Waals surface area contributed by atoms with E-state index < -0.39 is 0 Å². The fourth-order valence-corrected chi connectivity index (χ4v) is 1.60. The van der Waals surface area contributed by atoms with Crippen molar-refractivity contribution in [3.8, 4) is 0 Å². The minimum absolute atomic E-state index is 0.266. The van der Waals surface area contributed by atoms with Crippen molar-refractivity contribution in [2.75, 3.05) is 40.0 Å².